The van der Waals surface area contributed by atoms with Gasteiger partial charge in [-0.1, -0.05) is 24.3 Å². The van der Waals surface area contributed by atoms with Crippen LogP contribution in [-0.2, 0) is 11.2 Å². The first-order valence-electron chi connectivity index (χ1n) is 9.60. The Kier molecular flexibility index (Phi) is 10.3. The second kappa shape index (κ2) is 12.2. The van der Waals surface area contributed by atoms with Crippen LogP contribution < -0.4 is 0 Å². The zero-order valence-corrected chi connectivity index (χ0v) is 19.3. The average Bonchev–Trinajstić information content (AvgIpc) is 3.16. The highest BCUT2D eigenvalue weighted by molar-refractivity contribution is 9.10. The number of thiophene rings is 1. The van der Waals surface area contributed by atoms with Crippen molar-refractivity contribution in [1.82, 2.24) is 0 Å². The summed E-state index contributed by atoms with van der Waals surface area (Å²) in [6.45, 7) is 2.08. The molecule has 156 valence electrons. The number of aliphatic carboxylic acids is 1. The third kappa shape index (κ3) is 8.03. The number of aliphatic hydroxyl groups is 2. The number of halogens is 1. The van der Waals surface area contributed by atoms with E-state index in [1.807, 2.05) is 18.2 Å². The standard InChI is InChI=1S/C21H29BrO4S2/c1-14-19(22)12-17(28-14)9-8-16(23)7-5-15-6-10-20(24)18(15)4-2-3-11-27-13-21(25)26/h2-3,5,7,12,15-16,18,20,23-24H,4,6,8-11,13H2,1H3,(H,25,26)/t15-,16+,18+,20?/m0/s1. The minimum atomic E-state index is -0.796. The van der Waals surface area contributed by atoms with Gasteiger partial charge >= 0.3 is 5.97 Å². The summed E-state index contributed by atoms with van der Waals surface area (Å²) in [4.78, 5) is 13.0. The van der Waals surface area contributed by atoms with Crippen molar-refractivity contribution in [3.8, 4) is 0 Å². The summed E-state index contributed by atoms with van der Waals surface area (Å²) < 4.78 is 1.13. The molecule has 1 saturated carbocycles. The zero-order valence-electron chi connectivity index (χ0n) is 16.1. The van der Waals surface area contributed by atoms with E-state index in [-0.39, 0.29) is 23.7 Å². The third-order valence-electron chi connectivity index (χ3n) is 5.03. The Labute approximate surface area is 183 Å². The Hall–Kier alpha value is -0.600. The van der Waals surface area contributed by atoms with Crippen molar-refractivity contribution in [3.63, 3.8) is 0 Å². The first kappa shape index (κ1) is 23.7. The van der Waals surface area contributed by atoms with Gasteiger partial charge in [-0.25, -0.2) is 0 Å². The largest absolute Gasteiger partial charge is 0.481 e. The van der Waals surface area contributed by atoms with Crippen molar-refractivity contribution < 1.29 is 20.1 Å². The molecule has 0 amide bonds. The number of carboxylic acids is 1. The highest BCUT2D eigenvalue weighted by atomic mass is 79.9. The molecule has 7 heteroatoms. The summed E-state index contributed by atoms with van der Waals surface area (Å²) in [7, 11) is 0. The van der Waals surface area contributed by atoms with Gasteiger partial charge in [0.25, 0.3) is 0 Å². The van der Waals surface area contributed by atoms with Crippen molar-refractivity contribution in [2.45, 2.75) is 51.2 Å². The van der Waals surface area contributed by atoms with E-state index >= 15 is 0 Å². The van der Waals surface area contributed by atoms with Gasteiger partial charge in [0.05, 0.1) is 18.0 Å². The van der Waals surface area contributed by atoms with Gasteiger partial charge in [-0.3, -0.25) is 4.79 Å². The van der Waals surface area contributed by atoms with E-state index in [0.717, 1.165) is 30.2 Å². The molecule has 1 aliphatic rings. The monoisotopic (exact) mass is 488 g/mol. The van der Waals surface area contributed by atoms with E-state index in [1.54, 1.807) is 11.3 Å². The van der Waals surface area contributed by atoms with E-state index in [4.69, 9.17) is 5.11 Å². The van der Waals surface area contributed by atoms with Gasteiger partial charge in [0.1, 0.15) is 0 Å². The molecule has 0 aliphatic heterocycles. The molecule has 1 aromatic rings. The quantitative estimate of drug-likeness (QED) is 0.307. The van der Waals surface area contributed by atoms with E-state index in [0.29, 0.717) is 12.2 Å². The van der Waals surface area contributed by atoms with Gasteiger partial charge in [0, 0.05) is 20.0 Å². The lowest BCUT2D eigenvalue weighted by Gasteiger charge is -2.18. The number of aliphatic hydroxyl groups excluding tert-OH is 2. The molecule has 0 saturated heterocycles. The van der Waals surface area contributed by atoms with Crippen LogP contribution in [0.4, 0.5) is 0 Å². The molecule has 1 unspecified atom stereocenters. The molecule has 1 fully saturated rings. The van der Waals surface area contributed by atoms with Crippen LogP contribution in [-0.4, -0.2) is 45.0 Å². The number of rotatable bonds is 11. The van der Waals surface area contributed by atoms with Crippen LogP contribution in [0.2, 0.25) is 0 Å². The van der Waals surface area contributed by atoms with Crippen molar-refractivity contribution in [2.24, 2.45) is 11.8 Å². The van der Waals surface area contributed by atoms with Crippen LogP contribution in [0.1, 0.15) is 35.4 Å². The van der Waals surface area contributed by atoms with Crippen molar-refractivity contribution in [2.75, 3.05) is 11.5 Å². The molecule has 4 nitrogen and oxygen atoms in total. The predicted molar refractivity (Wildman–Crippen MR) is 121 cm³/mol. The first-order chi connectivity index (χ1) is 13.4. The van der Waals surface area contributed by atoms with Crippen LogP contribution in [0.3, 0.4) is 0 Å². The summed E-state index contributed by atoms with van der Waals surface area (Å²) >= 11 is 6.66. The number of thioether (sulfide) groups is 1. The van der Waals surface area contributed by atoms with Crippen LogP contribution >= 0.6 is 39.0 Å². The predicted octanol–water partition coefficient (Wildman–Crippen LogP) is 4.82. The SMILES string of the molecule is Cc1sc(CC[C@H](O)C=C[C@H]2CCC(O)[C@@H]2CC=CCSCC(=O)O)cc1Br. The molecular weight excluding hydrogens is 460 g/mol. The second-order valence-corrected chi connectivity index (χ2v) is 10.4. The van der Waals surface area contributed by atoms with Crippen LogP contribution in [0.5, 0.6) is 0 Å². The summed E-state index contributed by atoms with van der Waals surface area (Å²) in [6.07, 6.45) is 11.3. The Bertz CT molecular complexity index is 666. The van der Waals surface area contributed by atoms with Gasteiger partial charge in [-0.15, -0.1) is 23.1 Å². The molecule has 0 spiro atoms. The zero-order chi connectivity index (χ0) is 20.5. The number of carboxylic acid groups (broad SMARTS) is 1. The number of carbonyl (C=O) groups is 1. The molecule has 1 aliphatic carbocycles. The van der Waals surface area contributed by atoms with Crippen molar-refractivity contribution in [3.05, 3.63) is 44.6 Å². The van der Waals surface area contributed by atoms with Gasteiger partial charge in [-0.2, -0.15) is 0 Å². The molecule has 2 rings (SSSR count). The van der Waals surface area contributed by atoms with Crippen LogP contribution in [0, 0.1) is 18.8 Å². The third-order valence-corrected chi connectivity index (χ3v) is 8.11. The Morgan fingerprint density at radius 3 is 2.89 bits per heavy atom. The highest BCUT2D eigenvalue weighted by Crippen LogP contribution is 2.36. The van der Waals surface area contributed by atoms with Crippen LogP contribution in [0.25, 0.3) is 0 Å². The Morgan fingerprint density at radius 1 is 1.43 bits per heavy atom. The first-order valence-corrected chi connectivity index (χ1v) is 12.4. The fourth-order valence-electron chi connectivity index (χ4n) is 3.48. The van der Waals surface area contributed by atoms with Crippen molar-refractivity contribution in [1.29, 1.82) is 0 Å². The van der Waals surface area contributed by atoms with E-state index < -0.39 is 12.1 Å². The highest BCUT2D eigenvalue weighted by Gasteiger charge is 2.32. The Morgan fingerprint density at radius 2 is 2.21 bits per heavy atom. The smallest absolute Gasteiger partial charge is 0.313 e. The van der Waals surface area contributed by atoms with Crippen LogP contribution in [0.15, 0.2) is 34.8 Å². The maximum Gasteiger partial charge on any atom is 0.313 e. The summed E-state index contributed by atoms with van der Waals surface area (Å²) in [5.41, 5.74) is 0. The normalized spacial score (nSPS) is 23.8. The molecular formula is C21H29BrO4S2. The van der Waals surface area contributed by atoms with Crippen molar-refractivity contribution >= 4 is 45.0 Å². The molecule has 0 aromatic carbocycles. The molecule has 3 N–H and O–H groups in total. The topological polar surface area (TPSA) is 77.8 Å². The summed E-state index contributed by atoms with van der Waals surface area (Å²) in [6, 6.07) is 2.13. The second-order valence-electron chi connectivity index (χ2n) is 7.20. The van der Waals surface area contributed by atoms with E-state index in [2.05, 4.69) is 35.0 Å². The van der Waals surface area contributed by atoms with E-state index in [1.165, 1.54) is 21.5 Å². The maximum absolute atomic E-state index is 10.5. The number of hydrogen-bond acceptors (Lipinski definition) is 5. The molecule has 0 bridgehead atoms. The Balaban J connectivity index is 1.76. The lowest BCUT2D eigenvalue weighted by molar-refractivity contribution is -0.133. The maximum atomic E-state index is 10.5. The minimum Gasteiger partial charge on any atom is -0.481 e. The number of aryl methyl sites for hydroxylation is 2. The minimum absolute atomic E-state index is 0.113. The van der Waals surface area contributed by atoms with Gasteiger partial charge in [0.2, 0.25) is 0 Å². The molecule has 4 atom stereocenters. The lowest BCUT2D eigenvalue weighted by Crippen LogP contribution is -2.17. The van der Waals surface area contributed by atoms with E-state index in [9.17, 15) is 15.0 Å². The van der Waals surface area contributed by atoms with Gasteiger partial charge in [0.15, 0.2) is 0 Å². The molecule has 1 heterocycles. The number of allylic oxidation sites excluding steroid dienone is 2. The molecule has 1 aromatic heterocycles. The average molecular weight is 489 g/mol. The van der Waals surface area contributed by atoms with Gasteiger partial charge in [-0.05, 0) is 72.9 Å². The molecule has 0 radical (unpaired) electrons. The summed E-state index contributed by atoms with van der Waals surface area (Å²) in [5.74, 6) is 0.434. The number of hydrogen-bond donors (Lipinski definition) is 3. The fraction of sp³-hybridized carbons (Fsp3) is 0.571. The van der Waals surface area contributed by atoms with Gasteiger partial charge < -0.3 is 15.3 Å². The lowest BCUT2D eigenvalue weighted by atomic mass is 9.90. The fourth-order valence-corrected chi connectivity index (χ4v) is 5.66. The molecule has 28 heavy (non-hydrogen) atoms. The summed E-state index contributed by atoms with van der Waals surface area (Å²) in [5, 5.41) is 29.2.